The van der Waals surface area contributed by atoms with Gasteiger partial charge in [0.1, 0.15) is 11.5 Å². The Kier molecular flexibility index (Phi) is 8.71. The van der Waals surface area contributed by atoms with E-state index >= 15 is 0 Å². The van der Waals surface area contributed by atoms with E-state index in [4.69, 9.17) is 0 Å². The molecule has 0 bridgehead atoms. The molecule has 2 fully saturated rings. The van der Waals surface area contributed by atoms with Crippen LogP contribution in [-0.4, -0.2) is 20.4 Å². The number of aliphatic hydroxyl groups is 2. The van der Waals surface area contributed by atoms with E-state index in [0.717, 1.165) is 60.8 Å². The van der Waals surface area contributed by atoms with Gasteiger partial charge in [-0.2, -0.15) is 0 Å². The van der Waals surface area contributed by atoms with E-state index in [0.29, 0.717) is 23.0 Å². The van der Waals surface area contributed by atoms with Gasteiger partial charge in [0.2, 0.25) is 0 Å². The highest BCUT2D eigenvalue weighted by molar-refractivity contribution is 5.48. The molecule has 0 unspecified atom stereocenters. The van der Waals surface area contributed by atoms with Crippen molar-refractivity contribution in [1.29, 1.82) is 0 Å². The zero-order chi connectivity index (χ0) is 26.5. The number of benzene rings is 3. The maximum absolute atomic E-state index is 10.8. The first-order valence-electron chi connectivity index (χ1n) is 14.5. The lowest BCUT2D eigenvalue weighted by Crippen LogP contribution is -2.07. The van der Waals surface area contributed by atoms with E-state index in [-0.39, 0.29) is 24.7 Å². The summed E-state index contributed by atoms with van der Waals surface area (Å²) in [6.45, 7) is -0.298. The van der Waals surface area contributed by atoms with Gasteiger partial charge in [-0.15, -0.1) is 0 Å². The number of hydrogen-bond acceptors (Lipinski definition) is 4. The van der Waals surface area contributed by atoms with Crippen molar-refractivity contribution in [2.75, 3.05) is 0 Å². The second-order valence-corrected chi connectivity index (χ2v) is 11.5. The molecule has 0 atom stereocenters. The van der Waals surface area contributed by atoms with Crippen LogP contribution in [0.3, 0.4) is 0 Å². The Morgan fingerprint density at radius 1 is 0.500 bits per heavy atom. The molecular formula is C34H42O4. The van der Waals surface area contributed by atoms with Crippen molar-refractivity contribution in [1.82, 2.24) is 0 Å². The summed E-state index contributed by atoms with van der Waals surface area (Å²) in [5, 5.41) is 41.3. The Morgan fingerprint density at radius 3 is 1.21 bits per heavy atom. The first kappa shape index (κ1) is 26.8. The van der Waals surface area contributed by atoms with Crippen LogP contribution in [0.4, 0.5) is 0 Å². The number of hydrogen-bond donors (Lipinski definition) is 4. The molecule has 0 spiro atoms. The van der Waals surface area contributed by atoms with E-state index in [1.54, 1.807) is 0 Å². The summed E-state index contributed by atoms with van der Waals surface area (Å²) in [6, 6.07) is 16.8. The SMILES string of the molecule is OCc1cc(Cc2ccc(Cc3cc(CO)c(O)c(C4CCCCC4)c3)cc2)cc(C2CCCCC2)c1O. The van der Waals surface area contributed by atoms with Gasteiger partial charge in [-0.25, -0.2) is 0 Å². The second kappa shape index (κ2) is 12.4. The molecule has 202 valence electrons. The molecule has 0 aliphatic heterocycles. The van der Waals surface area contributed by atoms with Gasteiger partial charge < -0.3 is 20.4 Å². The fourth-order valence-corrected chi connectivity index (χ4v) is 6.72. The molecule has 3 aromatic carbocycles. The summed E-state index contributed by atoms with van der Waals surface area (Å²) in [4.78, 5) is 0. The first-order chi connectivity index (χ1) is 18.6. The van der Waals surface area contributed by atoms with E-state index < -0.39 is 0 Å². The molecule has 4 N–H and O–H groups in total. The molecule has 38 heavy (non-hydrogen) atoms. The van der Waals surface area contributed by atoms with Crippen molar-refractivity contribution < 1.29 is 20.4 Å². The summed E-state index contributed by atoms with van der Waals surface area (Å²) in [5.41, 5.74) is 7.91. The summed E-state index contributed by atoms with van der Waals surface area (Å²) in [7, 11) is 0. The van der Waals surface area contributed by atoms with Gasteiger partial charge in [0.25, 0.3) is 0 Å². The molecule has 0 radical (unpaired) electrons. The van der Waals surface area contributed by atoms with Crippen LogP contribution < -0.4 is 0 Å². The highest BCUT2D eigenvalue weighted by Gasteiger charge is 2.22. The molecular weight excluding hydrogens is 472 g/mol. The lowest BCUT2D eigenvalue weighted by Gasteiger charge is -2.24. The van der Waals surface area contributed by atoms with Crippen molar-refractivity contribution in [3.8, 4) is 11.5 Å². The Labute approximate surface area is 227 Å². The smallest absolute Gasteiger partial charge is 0.124 e. The van der Waals surface area contributed by atoms with Crippen LogP contribution in [0.1, 0.15) is 121 Å². The third-order valence-corrected chi connectivity index (χ3v) is 8.83. The number of aromatic hydroxyl groups is 2. The van der Waals surface area contributed by atoms with Gasteiger partial charge in [0.15, 0.2) is 0 Å². The minimum absolute atomic E-state index is 0.149. The Balaban J connectivity index is 1.33. The van der Waals surface area contributed by atoms with E-state index in [1.807, 2.05) is 12.1 Å². The second-order valence-electron chi connectivity index (χ2n) is 11.5. The molecule has 0 heterocycles. The Hall–Kier alpha value is -2.82. The fourth-order valence-electron chi connectivity index (χ4n) is 6.72. The Morgan fingerprint density at radius 2 is 0.868 bits per heavy atom. The van der Waals surface area contributed by atoms with Crippen LogP contribution in [-0.2, 0) is 26.1 Å². The molecule has 0 amide bonds. The van der Waals surface area contributed by atoms with Gasteiger partial charge >= 0.3 is 0 Å². The van der Waals surface area contributed by atoms with Crippen molar-refractivity contribution in [3.05, 3.63) is 93.0 Å². The van der Waals surface area contributed by atoms with Crippen LogP contribution in [0.2, 0.25) is 0 Å². The first-order valence-corrected chi connectivity index (χ1v) is 14.5. The molecule has 2 aliphatic carbocycles. The minimum Gasteiger partial charge on any atom is -0.507 e. The average molecular weight is 515 g/mol. The normalized spacial score (nSPS) is 17.1. The zero-order valence-electron chi connectivity index (χ0n) is 22.5. The predicted octanol–water partition coefficient (Wildman–Crippen LogP) is 7.36. The van der Waals surface area contributed by atoms with Crippen molar-refractivity contribution in [3.63, 3.8) is 0 Å². The molecule has 5 rings (SSSR count). The van der Waals surface area contributed by atoms with Crippen LogP contribution in [0.25, 0.3) is 0 Å². The summed E-state index contributed by atoms with van der Waals surface area (Å²) in [5.74, 6) is 1.32. The van der Waals surface area contributed by atoms with Crippen LogP contribution in [0, 0.1) is 0 Å². The molecule has 4 nitrogen and oxygen atoms in total. The van der Waals surface area contributed by atoms with Gasteiger partial charge in [-0.1, -0.05) is 74.9 Å². The van der Waals surface area contributed by atoms with Crippen molar-refractivity contribution >= 4 is 0 Å². The monoisotopic (exact) mass is 514 g/mol. The minimum atomic E-state index is -0.149. The Bertz CT molecular complexity index is 1120. The van der Waals surface area contributed by atoms with Gasteiger partial charge in [-0.3, -0.25) is 0 Å². The predicted molar refractivity (Wildman–Crippen MR) is 152 cm³/mol. The van der Waals surface area contributed by atoms with E-state index in [9.17, 15) is 20.4 Å². The molecule has 0 aromatic heterocycles. The zero-order valence-corrected chi connectivity index (χ0v) is 22.5. The third-order valence-electron chi connectivity index (χ3n) is 8.83. The quantitative estimate of drug-likeness (QED) is 0.253. The van der Waals surface area contributed by atoms with Crippen LogP contribution in [0.5, 0.6) is 11.5 Å². The largest absolute Gasteiger partial charge is 0.507 e. The average Bonchev–Trinajstić information content (AvgIpc) is 2.96. The van der Waals surface area contributed by atoms with Crippen molar-refractivity contribution in [2.24, 2.45) is 0 Å². The standard InChI is InChI=1S/C34H42O4/c35-21-29-17-25(19-31(33(29)37)27-7-3-1-4-8-27)15-23-11-13-24(14-12-23)16-26-18-30(22-36)34(38)32(20-26)28-9-5-2-6-10-28/h11-14,17-20,27-28,35-38H,1-10,15-16,21-22H2. The number of aliphatic hydroxyl groups excluding tert-OH is 2. The van der Waals surface area contributed by atoms with Gasteiger partial charge in [-0.05, 0) is 95.9 Å². The highest BCUT2D eigenvalue weighted by Crippen LogP contribution is 2.41. The number of rotatable bonds is 8. The van der Waals surface area contributed by atoms with Gasteiger partial charge in [0, 0.05) is 11.1 Å². The van der Waals surface area contributed by atoms with E-state index in [1.165, 1.54) is 49.7 Å². The molecule has 0 saturated heterocycles. The molecule has 4 heteroatoms. The third kappa shape index (κ3) is 6.08. The summed E-state index contributed by atoms with van der Waals surface area (Å²) < 4.78 is 0. The van der Waals surface area contributed by atoms with Gasteiger partial charge in [0.05, 0.1) is 13.2 Å². The molecule has 2 saturated carbocycles. The lowest BCUT2D eigenvalue weighted by atomic mass is 9.81. The number of phenols is 2. The van der Waals surface area contributed by atoms with E-state index in [2.05, 4.69) is 36.4 Å². The summed E-state index contributed by atoms with van der Waals surface area (Å²) in [6.07, 6.45) is 13.3. The maximum Gasteiger partial charge on any atom is 0.124 e. The maximum atomic E-state index is 10.8. The molecule has 2 aliphatic rings. The fraction of sp³-hybridized carbons (Fsp3) is 0.471. The van der Waals surface area contributed by atoms with Crippen molar-refractivity contribution in [2.45, 2.75) is 102 Å². The highest BCUT2D eigenvalue weighted by atomic mass is 16.3. The van der Waals surface area contributed by atoms with Crippen LogP contribution >= 0.6 is 0 Å². The summed E-state index contributed by atoms with van der Waals surface area (Å²) >= 11 is 0. The van der Waals surface area contributed by atoms with Crippen LogP contribution in [0.15, 0.2) is 48.5 Å². The molecule has 3 aromatic rings. The lowest BCUT2D eigenvalue weighted by molar-refractivity contribution is 0.274. The topological polar surface area (TPSA) is 80.9 Å².